The van der Waals surface area contributed by atoms with E-state index in [4.69, 9.17) is 7.85 Å². The van der Waals surface area contributed by atoms with Crippen LogP contribution in [0.25, 0.3) is 0 Å². The zero-order valence-corrected chi connectivity index (χ0v) is 7.38. The smallest absolute Gasteiger partial charge is 0.113 e. The van der Waals surface area contributed by atoms with E-state index < -0.39 is 0 Å². The molecular weight excluding hydrogens is 145 g/mol. The Balaban J connectivity index is 2.37. The van der Waals surface area contributed by atoms with Gasteiger partial charge in [-0.1, -0.05) is 23.7 Å². The molecule has 0 fully saturated rings. The third kappa shape index (κ3) is 1.39. The van der Waals surface area contributed by atoms with Crippen LogP contribution >= 0.6 is 0 Å². The lowest BCUT2D eigenvalue weighted by Crippen LogP contribution is -2.27. The van der Waals surface area contributed by atoms with Crippen molar-refractivity contribution in [1.29, 1.82) is 0 Å². The molecule has 0 amide bonds. The maximum absolute atomic E-state index is 5.70. The second-order valence-corrected chi connectivity index (χ2v) is 3.52. The van der Waals surface area contributed by atoms with Gasteiger partial charge in [-0.05, 0) is 24.6 Å². The van der Waals surface area contributed by atoms with Crippen LogP contribution in [0.2, 0.25) is 0 Å². The summed E-state index contributed by atoms with van der Waals surface area (Å²) in [5, 5.41) is 0. The Morgan fingerprint density at radius 1 is 1.33 bits per heavy atom. The van der Waals surface area contributed by atoms with Gasteiger partial charge in [0, 0.05) is 13.1 Å². The molecule has 0 saturated carbocycles. The molecule has 0 aliphatic carbocycles. The first kappa shape index (κ1) is 7.87. The summed E-state index contributed by atoms with van der Waals surface area (Å²) in [6.45, 7) is 2.21. The van der Waals surface area contributed by atoms with Gasteiger partial charge in [0.15, 0.2) is 0 Å². The first-order valence-corrected chi connectivity index (χ1v) is 4.31. The molecule has 0 unspecified atom stereocenters. The molecule has 1 aromatic carbocycles. The first-order valence-electron chi connectivity index (χ1n) is 4.31. The van der Waals surface area contributed by atoms with E-state index in [9.17, 15) is 0 Å². The van der Waals surface area contributed by atoms with Gasteiger partial charge in [-0.25, -0.2) is 0 Å². The van der Waals surface area contributed by atoms with Crippen LogP contribution in [0.1, 0.15) is 11.1 Å². The molecule has 2 rings (SSSR count). The minimum atomic E-state index is 0.887. The van der Waals surface area contributed by atoms with Crippen molar-refractivity contribution in [3.05, 3.63) is 29.3 Å². The molecule has 0 bridgehead atoms. The number of fused-ring (bicyclic) bond motifs is 1. The van der Waals surface area contributed by atoms with Crippen LogP contribution in [0.3, 0.4) is 0 Å². The average Bonchev–Trinajstić information content (AvgIpc) is 2.05. The lowest BCUT2D eigenvalue weighted by atomic mass is 9.89. The van der Waals surface area contributed by atoms with Crippen molar-refractivity contribution in [2.45, 2.75) is 13.0 Å². The Morgan fingerprint density at radius 3 is 3.00 bits per heavy atom. The molecule has 0 N–H and O–H groups in total. The molecular formula is C10H12BN. The van der Waals surface area contributed by atoms with Crippen molar-refractivity contribution in [3.8, 4) is 0 Å². The Hall–Kier alpha value is -0.755. The fourth-order valence-electron chi connectivity index (χ4n) is 1.71. The number of likely N-dealkylation sites (N-methyl/N-ethyl adjacent to an activating group) is 1. The van der Waals surface area contributed by atoms with Crippen molar-refractivity contribution >= 4 is 13.3 Å². The van der Waals surface area contributed by atoms with Gasteiger partial charge < -0.3 is 4.90 Å². The molecule has 2 heteroatoms. The normalized spacial score (nSPS) is 17.4. The van der Waals surface area contributed by atoms with Gasteiger partial charge in [0.05, 0.1) is 0 Å². The van der Waals surface area contributed by atoms with Crippen molar-refractivity contribution in [3.63, 3.8) is 0 Å². The summed E-state index contributed by atoms with van der Waals surface area (Å²) < 4.78 is 0. The van der Waals surface area contributed by atoms with Crippen LogP contribution in [0.15, 0.2) is 18.2 Å². The zero-order chi connectivity index (χ0) is 8.55. The Morgan fingerprint density at radius 2 is 2.17 bits per heavy atom. The molecule has 1 nitrogen and oxygen atoms in total. The maximum Gasteiger partial charge on any atom is 0.113 e. The van der Waals surface area contributed by atoms with E-state index in [1.54, 1.807) is 0 Å². The van der Waals surface area contributed by atoms with Crippen molar-refractivity contribution in [2.24, 2.45) is 0 Å². The van der Waals surface area contributed by atoms with Gasteiger partial charge in [0.1, 0.15) is 7.85 Å². The number of hydrogen-bond donors (Lipinski definition) is 0. The number of benzene rings is 1. The van der Waals surface area contributed by atoms with Crippen LogP contribution in [0, 0.1) is 0 Å². The van der Waals surface area contributed by atoms with E-state index >= 15 is 0 Å². The topological polar surface area (TPSA) is 3.24 Å². The van der Waals surface area contributed by atoms with Crippen LogP contribution in [-0.2, 0) is 13.0 Å². The van der Waals surface area contributed by atoms with Crippen molar-refractivity contribution in [2.75, 3.05) is 13.6 Å². The minimum absolute atomic E-state index is 0.887. The molecule has 2 radical (unpaired) electrons. The van der Waals surface area contributed by atoms with E-state index in [0.29, 0.717) is 0 Å². The molecule has 0 saturated heterocycles. The average molecular weight is 157 g/mol. The third-order valence-corrected chi connectivity index (χ3v) is 2.43. The highest BCUT2D eigenvalue weighted by molar-refractivity contribution is 6.32. The van der Waals surface area contributed by atoms with Crippen molar-refractivity contribution in [1.82, 2.24) is 4.90 Å². The summed E-state index contributed by atoms with van der Waals surface area (Å²) >= 11 is 0. The summed E-state index contributed by atoms with van der Waals surface area (Å²) in [6, 6.07) is 6.22. The highest BCUT2D eigenvalue weighted by atomic mass is 15.1. The van der Waals surface area contributed by atoms with Crippen LogP contribution in [-0.4, -0.2) is 26.3 Å². The minimum Gasteiger partial charge on any atom is -0.302 e. The SMILES string of the molecule is [B]c1ccc2c(c1)CCN(C)C2. The van der Waals surface area contributed by atoms with Crippen LogP contribution in [0.4, 0.5) is 0 Å². The van der Waals surface area contributed by atoms with Gasteiger partial charge in [-0.2, -0.15) is 0 Å². The molecule has 0 atom stereocenters. The second kappa shape index (κ2) is 2.94. The van der Waals surface area contributed by atoms with Gasteiger partial charge in [0.2, 0.25) is 0 Å². The van der Waals surface area contributed by atoms with E-state index in [-0.39, 0.29) is 0 Å². The highest BCUT2D eigenvalue weighted by Gasteiger charge is 2.11. The lowest BCUT2D eigenvalue weighted by molar-refractivity contribution is 0.313. The monoisotopic (exact) mass is 157 g/mol. The Labute approximate surface area is 74.8 Å². The summed E-state index contributed by atoms with van der Waals surface area (Å²) in [4.78, 5) is 2.33. The molecule has 12 heavy (non-hydrogen) atoms. The molecule has 1 aliphatic heterocycles. The highest BCUT2D eigenvalue weighted by Crippen LogP contribution is 2.15. The summed E-state index contributed by atoms with van der Waals surface area (Å²) in [7, 11) is 7.85. The summed E-state index contributed by atoms with van der Waals surface area (Å²) in [5.74, 6) is 0. The fraction of sp³-hybridized carbons (Fsp3) is 0.400. The van der Waals surface area contributed by atoms with Crippen molar-refractivity contribution < 1.29 is 0 Å². The van der Waals surface area contributed by atoms with E-state index in [1.807, 2.05) is 6.07 Å². The lowest BCUT2D eigenvalue weighted by Gasteiger charge is -2.25. The Kier molecular flexibility index (Phi) is 1.93. The standard InChI is InChI=1S/C10H12BN/c1-12-5-4-8-6-10(11)3-2-9(8)7-12/h2-3,6H,4-5,7H2,1H3. The quantitative estimate of drug-likeness (QED) is 0.494. The van der Waals surface area contributed by atoms with Gasteiger partial charge in [0.25, 0.3) is 0 Å². The largest absolute Gasteiger partial charge is 0.302 e. The Bertz CT molecular complexity index is 296. The molecule has 0 aromatic heterocycles. The third-order valence-electron chi connectivity index (χ3n) is 2.43. The van der Waals surface area contributed by atoms with E-state index in [2.05, 4.69) is 24.1 Å². The van der Waals surface area contributed by atoms with Gasteiger partial charge >= 0.3 is 0 Å². The molecule has 1 heterocycles. The maximum atomic E-state index is 5.70. The summed E-state index contributed by atoms with van der Waals surface area (Å²) in [5.41, 5.74) is 3.74. The number of hydrogen-bond acceptors (Lipinski definition) is 1. The second-order valence-electron chi connectivity index (χ2n) is 3.52. The predicted molar refractivity (Wildman–Crippen MR) is 51.9 cm³/mol. The van der Waals surface area contributed by atoms with E-state index in [0.717, 1.165) is 25.0 Å². The predicted octanol–water partition coefficient (Wildman–Crippen LogP) is 0.468. The summed E-state index contributed by atoms with van der Waals surface area (Å²) in [6.07, 6.45) is 1.14. The van der Waals surface area contributed by atoms with E-state index in [1.165, 1.54) is 11.1 Å². The first-order chi connectivity index (χ1) is 5.75. The number of rotatable bonds is 0. The van der Waals surface area contributed by atoms with Crippen LogP contribution in [0.5, 0.6) is 0 Å². The van der Waals surface area contributed by atoms with Gasteiger partial charge in [-0.3, -0.25) is 0 Å². The molecule has 1 aliphatic rings. The molecule has 60 valence electrons. The van der Waals surface area contributed by atoms with Gasteiger partial charge in [-0.15, -0.1) is 0 Å². The molecule has 0 spiro atoms. The fourth-order valence-corrected chi connectivity index (χ4v) is 1.71. The zero-order valence-electron chi connectivity index (χ0n) is 7.38. The van der Waals surface area contributed by atoms with Crippen LogP contribution < -0.4 is 5.46 Å². The molecule has 1 aromatic rings. The number of nitrogens with zero attached hydrogens (tertiary/aromatic N) is 1.